The quantitative estimate of drug-likeness (QED) is 0.595. The van der Waals surface area contributed by atoms with Gasteiger partial charge in [0.15, 0.2) is 16.3 Å². The van der Waals surface area contributed by atoms with Gasteiger partial charge in [0.1, 0.15) is 5.82 Å². The Morgan fingerprint density at radius 3 is 2.92 bits per heavy atom. The van der Waals surface area contributed by atoms with E-state index in [1.165, 1.54) is 5.52 Å². The summed E-state index contributed by atoms with van der Waals surface area (Å²) in [5.41, 5.74) is 2.29. The normalized spacial score (nSPS) is 10.8. The number of hydrogen-bond acceptors (Lipinski definition) is 1. The molecule has 0 spiro atoms. The summed E-state index contributed by atoms with van der Waals surface area (Å²) in [4.78, 5) is 4.43. The van der Waals surface area contributed by atoms with Crippen molar-refractivity contribution in [2.24, 2.45) is 0 Å². The maximum Gasteiger partial charge on any atom is 0.154 e. The number of benzene rings is 1. The van der Waals surface area contributed by atoms with Crippen molar-refractivity contribution < 1.29 is 0 Å². The van der Waals surface area contributed by atoms with Crippen molar-refractivity contribution in [3.8, 4) is 0 Å². The minimum atomic E-state index is 0.909. The molecule has 58 valence electrons. The molecule has 0 N–H and O–H groups in total. The fourth-order valence-electron chi connectivity index (χ4n) is 1.43. The van der Waals surface area contributed by atoms with Crippen LogP contribution in [0, 0.1) is 6.92 Å². The highest BCUT2D eigenvalue weighted by molar-refractivity contribution is 6.07. The third kappa shape index (κ3) is 1.06. The molecule has 0 atom stereocenters. The van der Waals surface area contributed by atoms with Gasteiger partial charge in [-0.3, -0.25) is 0 Å². The van der Waals surface area contributed by atoms with E-state index in [2.05, 4.69) is 31.9 Å². The summed E-state index contributed by atoms with van der Waals surface area (Å²) in [6.45, 7) is 2.03. The minimum Gasteiger partial charge on any atom is -0.345 e. The van der Waals surface area contributed by atoms with Crippen molar-refractivity contribution in [3.63, 3.8) is 0 Å². The van der Waals surface area contributed by atoms with Gasteiger partial charge >= 0.3 is 0 Å². The SMILES string of the molecule is Cc1nc2ccccc2n1[CH2][Al]. The molecular weight excluding hydrogens is 163 g/mol. The van der Waals surface area contributed by atoms with Gasteiger partial charge < -0.3 is 4.57 Å². The second-order valence-electron chi connectivity index (χ2n) is 2.76. The zero-order valence-corrected chi connectivity index (χ0v) is 8.14. The predicted octanol–water partition coefficient (Wildman–Crippen LogP) is 1.47. The largest absolute Gasteiger partial charge is 0.345 e. The number of imidazole rings is 1. The number of para-hydroxylation sites is 2. The Hall–Kier alpha value is -0.778. The maximum absolute atomic E-state index is 4.43. The fraction of sp³-hybridized carbons (Fsp3) is 0.222. The Bertz CT molecular complexity index is 406. The molecule has 0 fully saturated rings. The molecule has 2 radical (unpaired) electrons. The lowest BCUT2D eigenvalue weighted by Crippen LogP contribution is -1.98. The van der Waals surface area contributed by atoms with Gasteiger partial charge in [0, 0.05) is 0 Å². The van der Waals surface area contributed by atoms with E-state index in [1.807, 2.05) is 25.1 Å². The van der Waals surface area contributed by atoms with Crippen LogP contribution in [0.2, 0.25) is 0 Å². The first-order valence-electron chi connectivity index (χ1n) is 3.95. The van der Waals surface area contributed by atoms with Gasteiger partial charge in [0.25, 0.3) is 0 Å². The Balaban J connectivity index is 2.81. The van der Waals surface area contributed by atoms with E-state index in [9.17, 15) is 0 Å². The summed E-state index contributed by atoms with van der Waals surface area (Å²) in [7, 11) is 0. The van der Waals surface area contributed by atoms with E-state index in [0.29, 0.717) is 0 Å². The van der Waals surface area contributed by atoms with E-state index in [4.69, 9.17) is 0 Å². The van der Waals surface area contributed by atoms with Crippen LogP contribution in [0.1, 0.15) is 5.82 Å². The highest BCUT2D eigenvalue weighted by atomic mass is 27.0. The van der Waals surface area contributed by atoms with E-state index in [-0.39, 0.29) is 0 Å². The Kier molecular flexibility index (Phi) is 1.92. The molecule has 0 aliphatic heterocycles. The van der Waals surface area contributed by atoms with Crippen LogP contribution in [0.5, 0.6) is 0 Å². The summed E-state index contributed by atoms with van der Waals surface area (Å²) >= 11 is 2.71. The standard InChI is InChI=1S/C9H9N2.Al/c1-7-10-8-5-3-4-6-9(8)11(7)2;/h3-6H,2H2,1H3;. The molecular formula is C9H9AlN2. The number of aryl methyl sites for hydroxylation is 1. The number of hydrogen-bond donors (Lipinski definition) is 0. The Labute approximate surface area is 79.6 Å². The molecule has 2 nitrogen and oxygen atoms in total. The molecule has 1 heterocycles. The predicted molar refractivity (Wildman–Crippen MR) is 50.2 cm³/mol. The van der Waals surface area contributed by atoms with Crippen LogP contribution in [-0.4, -0.2) is 25.8 Å². The highest BCUT2D eigenvalue weighted by Gasteiger charge is 2.02. The molecule has 3 heteroatoms. The van der Waals surface area contributed by atoms with Crippen LogP contribution < -0.4 is 0 Å². The summed E-state index contributed by atoms with van der Waals surface area (Å²) in [5, 5.41) is 0.909. The van der Waals surface area contributed by atoms with Gasteiger partial charge in [0.05, 0.1) is 11.0 Å². The van der Waals surface area contributed by atoms with E-state index < -0.39 is 0 Å². The first-order valence-corrected chi connectivity index (χ1v) is 4.76. The van der Waals surface area contributed by atoms with Gasteiger partial charge in [-0.2, -0.15) is 0 Å². The molecule has 0 saturated heterocycles. The Morgan fingerprint density at radius 2 is 2.17 bits per heavy atom. The maximum atomic E-state index is 4.43. The second-order valence-corrected chi connectivity index (χ2v) is 3.12. The van der Waals surface area contributed by atoms with Crippen LogP contribution in [0.15, 0.2) is 24.3 Å². The molecule has 2 rings (SSSR count). The van der Waals surface area contributed by atoms with Crippen LogP contribution in [-0.2, 0) is 5.41 Å². The summed E-state index contributed by atoms with van der Waals surface area (Å²) in [5.74, 6) is 1.08. The molecule has 1 aromatic heterocycles. The van der Waals surface area contributed by atoms with E-state index in [1.54, 1.807) is 0 Å². The van der Waals surface area contributed by atoms with Crippen LogP contribution >= 0.6 is 0 Å². The average molecular weight is 172 g/mol. The third-order valence-electron chi connectivity index (χ3n) is 2.03. The van der Waals surface area contributed by atoms with Gasteiger partial charge in [0.2, 0.25) is 0 Å². The van der Waals surface area contributed by atoms with Gasteiger partial charge in [-0.25, -0.2) is 4.98 Å². The van der Waals surface area contributed by atoms with Crippen molar-refractivity contribution in [2.75, 3.05) is 0 Å². The average Bonchev–Trinajstić information content (AvgIpc) is 2.40. The van der Waals surface area contributed by atoms with Gasteiger partial charge in [-0.15, -0.1) is 0 Å². The monoisotopic (exact) mass is 172 g/mol. The van der Waals surface area contributed by atoms with Crippen molar-refractivity contribution in [2.45, 2.75) is 12.3 Å². The molecule has 12 heavy (non-hydrogen) atoms. The molecule has 1 aromatic carbocycles. The zero-order chi connectivity index (χ0) is 8.55. The molecule has 0 unspecified atom stereocenters. The first-order chi connectivity index (χ1) is 5.83. The lowest BCUT2D eigenvalue weighted by Gasteiger charge is -2.01. The van der Waals surface area contributed by atoms with Crippen LogP contribution in [0.25, 0.3) is 11.0 Å². The summed E-state index contributed by atoms with van der Waals surface area (Å²) in [6, 6.07) is 8.20. The lowest BCUT2D eigenvalue weighted by atomic mass is 10.3. The van der Waals surface area contributed by atoms with Crippen LogP contribution in [0.4, 0.5) is 0 Å². The van der Waals surface area contributed by atoms with Crippen LogP contribution in [0.3, 0.4) is 0 Å². The van der Waals surface area contributed by atoms with Gasteiger partial charge in [-0.05, 0) is 24.5 Å². The summed E-state index contributed by atoms with van der Waals surface area (Å²) < 4.78 is 2.18. The first kappa shape index (κ1) is 7.85. The zero-order valence-electron chi connectivity index (χ0n) is 6.99. The Morgan fingerprint density at radius 1 is 1.42 bits per heavy atom. The van der Waals surface area contributed by atoms with Crippen molar-refractivity contribution in [1.29, 1.82) is 0 Å². The molecule has 0 aliphatic carbocycles. The fourth-order valence-corrected chi connectivity index (χ4v) is 1.89. The second kappa shape index (κ2) is 2.93. The number of rotatable bonds is 1. The topological polar surface area (TPSA) is 17.8 Å². The summed E-state index contributed by atoms with van der Waals surface area (Å²) in [6.07, 6.45) is 0. The molecule has 0 amide bonds. The van der Waals surface area contributed by atoms with Gasteiger partial charge in [-0.1, -0.05) is 12.1 Å². The van der Waals surface area contributed by atoms with E-state index in [0.717, 1.165) is 16.7 Å². The lowest BCUT2D eigenvalue weighted by molar-refractivity contribution is 0.858. The van der Waals surface area contributed by atoms with Crippen molar-refractivity contribution >= 4 is 27.3 Å². The van der Waals surface area contributed by atoms with Crippen molar-refractivity contribution in [3.05, 3.63) is 30.1 Å². The highest BCUT2D eigenvalue weighted by Crippen LogP contribution is 2.13. The number of aromatic nitrogens is 2. The molecule has 0 saturated carbocycles. The number of fused-ring (bicyclic) bond motifs is 1. The molecule has 0 aliphatic rings. The molecule has 0 bridgehead atoms. The van der Waals surface area contributed by atoms with E-state index >= 15 is 0 Å². The minimum absolute atomic E-state index is 0.909. The van der Waals surface area contributed by atoms with Crippen molar-refractivity contribution in [1.82, 2.24) is 9.55 Å². The molecule has 2 aromatic rings. The number of nitrogens with zero attached hydrogens (tertiary/aromatic N) is 2. The smallest absolute Gasteiger partial charge is 0.154 e. The third-order valence-corrected chi connectivity index (χ3v) is 2.39.